The third-order valence-corrected chi connectivity index (χ3v) is 6.62. The molecule has 0 bridgehead atoms. The van der Waals surface area contributed by atoms with Gasteiger partial charge in [-0.25, -0.2) is 14.4 Å². The van der Waals surface area contributed by atoms with Crippen LogP contribution in [-0.2, 0) is 17.6 Å². The molecular weight excluding hydrogens is 369 g/mol. The van der Waals surface area contributed by atoms with E-state index in [2.05, 4.69) is 15.3 Å². The minimum atomic E-state index is -0.361. The van der Waals surface area contributed by atoms with Crippen molar-refractivity contribution in [3.05, 3.63) is 45.8 Å². The zero-order chi connectivity index (χ0) is 18.3. The lowest BCUT2D eigenvalue weighted by atomic mass is 10.2. The van der Waals surface area contributed by atoms with Crippen LogP contribution in [0.2, 0.25) is 0 Å². The summed E-state index contributed by atoms with van der Waals surface area (Å²) >= 11 is 3.17. The van der Waals surface area contributed by atoms with Crippen molar-refractivity contribution in [3.8, 4) is 0 Å². The highest BCUT2D eigenvalue weighted by molar-refractivity contribution is 8.00. The number of halogens is 1. The molecule has 26 heavy (non-hydrogen) atoms. The molecule has 3 aromatic rings. The van der Waals surface area contributed by atoms with Crippen molar-refractivity contribution < 1.29 is 9.18 Å². The number of hydrogen-bond donors (Lipinski definition) is 1. The van der Waals surface area contributed by atoms with Crippen molar-refractivity contribution in [1.82, 2.24) is 9.97 Å². The number of fused-ring (bicyclic) bond motifs is 3. The van der Waals surface area contributed by atoms with Crippen molar-refractivity contribution in [2.24, 2.45) is 0 Å². The highest BCUT2D eigenvalue weighted by Crippen LogP contribution is 2.40. The summed E-state index contributed by atoms with van der Waals surface area (Å²) in [5, 5.41) is 4.78. The minimum Gasteiger partial charge on any atom is -0.325 e. The predicted octanol–water partition coefficient (Wildman–Crippen LogP) is 4.67. The molecular formula is C19H18FN3OS2. The van der Waals surface area contributed by atoms with Crippen LogP contribution in [0, 0.1) is 19.7 Å². The summed E-state index contributed by atoms with van der Waals surface area (Å²) in [5.41, 5.74) is 2.70. The normalized spacial score (nSPS) is 13.2. The second-order valence-corrected chi connectivity index (χ2v) is 8.46. The first kappa shape index (κ1) is 17.4. The summed E-state index contributed by atoms with van der Waals surface area (Å²) in [6.07, 6.45) is 3.34. The third-order valence-electron chi connectivity index (χ3n) is 4.46. The molecule has 0 saturated heterocycles. The Morgan fingerprint density at radius 3 is 3.00 bits per heavy atom. The van der Waals surface area contributed by atoms with E-state index in [1.54, 1.807) is 17.4 Å². The number of aromatic nitrogens is 2. The molecule has 7 heteroatoms. The number of amides is 1. The average Bonchev–Trinajstić information content (AvgIpc) is 3.16. The molecule has 1 aliphatic carbocycles. The number of aryl methyl sites for hydroxylation is 4. The van der Waals surface area contributed by atoms with E-state index in [1.807, 2.05) is 13.8 Å². The standard InChI is InChI=1S/C19H18FN3OS2/c1-10-6-7-12(20)8-14(10)23-16(24)9-25-18-17-13-4-3-5-15(13)26-19(17)22-11(2)21-18/h6-8H,3-5,9H2,1-2H3,(H,23,24). The van der Waals surface area contributed by atoms with Gasteiger partial charge in [-0.3, -0.25) is 4.79 Å². The summed E-state index contributed by atoms with van der Waals surface area (Å²) in [5.74, 6) is 0.424. The largest absolute Gasteiger partial charge is 0.325 e. The molecule has 1 aromatic carbocycles. The second-order valence-electron chi connectivity index (χ2n) is 6.41. The monoisotopic (exact) mass is 387 g/mol. The molecule has 0 atom stereocenters. The first-order valence-electron chi connectivity index (χ1n) is 8.49. The van der Waals surface area contributed by atoms with Gasteiger partial charge in [-0.2, -0.15) is 0 Å². The van der Waals surface area contributed by atoms with Crippen molar-refractivity contribution >= 4 is 44.9 Å². The molecule has 0 spiro atoms. The van der Waals surface area contributed by atoms with Crippen molar-refractivity contribution in [1.29, 1.82) is 0 Å². The Bertz CT molecular complexity index is 1020. The van der Waals surface area contributed by atoms with Gasteiger partial charge >= 0.3 is 0 Å². The molecule has 4 rings (SSSR count). The Morgan fingerprint density at radius 1 is 1.31 bits per heavy atom. The van der Waals surface area contributed by atoms with E-state index in [-0.39, 0.29) is 17.5 Å². The van der Waals surface area contributed by atoms with E-state index in [0.29, 0.717) is 5.69 Å². The van der Waals surface area contributed by atoms with Gasteiger partial charge in [-0.1, -0.05) is 17.8 Å². The van der Waals surface area contributed by atoms with E-state index in [1.165, 1.54) is 40.8 Å². The maximum Gasteiger partial charge on any atom is 0.234 e. The Labute approximate surface area is 159 Å². The molecule has 2 heterocycles. The van der Waals surface area contributed by atoms with Crippen molar-refractivity contribution in [3.63, 3.8) is 0 Å². The van der Waals surface area contributed by atoms with Gasteiger partial charge < -0.3 is 5.32 Å². The maximum atomic E-state index is 13.4. The van der Waals surface area contributed by atoms with Crippen molar-refractivity contribution in [2.45, 2.75) is 38.1 Å². The highest BCUT2D eigenvalue weighted by atomic mass is 32.2. The van der Waals surface area contributed by atoms with Crippen LogP contribution < -0.4 is 5.32 Å². The topological polar surface area (TPSA) is 54.9 Å². The number of thiophene rings is 1. The zero-order valence-corrected chi connectivity index (χ0v) is 16.2. The van der Waals surface area contributed by atoms with Crippen LogP contribution >= 0.6 is 23.1 Å². The quantitative estimate of drug-likeness (QED) is 0.522. The highest BCUT2D eigenvalue weighted by Gasteiger charge is 2.22. The number of nitrogens with one attached hydrogen (secondary N) is 1. The average molecular weight is 388 g/mol. The van der Waals surface area contributed by atoms with Gasteiger partial charge in [0.15, 0.2) is 0 Å². The van der Waals surface area contributed by atoms with Crippen molar-refractivity contribution in [2.75, 3.05) is 11.1 Å². The molecule has 134 valence electrons. The number of hydrogen-bond acceptors (Lipinski definition) is 5. The Morgan fingerprint density at radius 2 is 2.15 bits per heavy atom. The number of carbonyl (C=O) groups excluding carboxylic acids is 1. The summed E-state index contributed by atoms with van der Waals surface area (Å²) in [6.45, 7) is 3.72. The minimum absolute atomic E-state index is 0.167. The van der Waals surface area contributed by atoms with E-state index in [0.717, 1.165) is 39.5 Å². The van der Waals surface area contributed by atoms with Crippen LogP contribution in [0.15, 0.2) is 23.2 Å². The van der Waals surface area contributed by atoms with Crippen LogP contribution in [0.1, 0.15) is 28.2 Å². The van der Waals surface area contributed by atoms with Gasteiger partial charge in [0.25, 0.3) is 0 Å². The molecule has 0 saturated carbocycles. The van der Waals surface area contributed by atoms with Crippen LogP contribution in [0.25, 0.3) is 10.2 Å². The zero-order valence-electron chi connectivity index (χ0n) is 14.6. The maximum absolute atomic E-state index is 13.4. The lowest BCUT2D eigenvalue weighted by Gasteiger charge is -2.09. The Hall–Kier alpha value is -1.99. The SMILES string of the molecule is Cc1nc(SCC(=O)Nc2cc(F)ccc2C)c2c3c(sc2n1)CCC3. The molecule has 1 aliphatic rings. The number of nitrogens with zero attached hydrogens (tertiary/aromatic N) is 2. The van der Waals surface area contributed by atoms with Crippen LogP contribution in [-0.4, -0.2) is 21.6 Å². The molecule has 0 unspecified atom stereocenters. The summed E-state index contributed by atoms with van der Waals surface area (Å²) < 4.78 is 13.4. The van der Waals surface area contributed by atoms with E-state index >= 15 is 0 Å². The number of carbonyl (C=O) groups is 1. The molecule has 0 fully saturated rings. The molecule has 0 radical (unpaired) electrons. The van der Waals surface area contributed by atoms with Gasteiger partial charge in [0.1, 0.15) is 21.5 Å². The smallest absolute Gasteiger partial charge is 0.234 e. The third kappa shape index (κ3) is 3.33. The first-order valence-corrected chi connectivity index (χ1v) is 10.3. The van der Waals surface area contributed by atoms with Gasteiger partial charge in [-0.05, 0) is 56.4 Å². The van der Waals surface area contributed by atoms with Crippen LogP contribution in [0.3, 0.4) is 0 Å². The van der Waals surface area contributed by atoms with Gasteiger partial charge in [0, 0.05) is 16.0 Å². The second kappa shape index (κ2) is 6.96. The Balaban J connectivity index is 1.54. The molecule has 2 aromatic heterocycles. The fraction of sp³-hybridized carbons (Fsp3) is 0.316. The number of thioether (sulfide) groups is 1. The lowest BCUT2D eigenvalue weighted by molar-refractivity contribution is -0.113. The fourth-order valence-corrected chi connectivity index (χ4v) is 5.49. The summed E-state index contributed by atoms with van der Waals surface area (Å²) in [7, 11) is 0. The molecule has 1 N–H and O–H groups in total. The van der Waals surface area contributed by atoms with Crippen LogP contribution in [0.5, 0.6) is 0 Å². The summed E-state index contributed by atoms with van der Waals surface area (Å²) in [4.78, 5) is 23.9. The van der Waals surface area contributed by atoms with E-state index in [4.69, 9.17) is 0 Å². The van der Waals surface area contributed by atoms with Gasteiger partial charge in [0.2, 0.25) is 5.91 Å². The lowest BCUT2D eigenvalue weighted by Crippen LogP contribution is -2.15. The Kier molecular flexibility index (Phi) is 4.67. The molecule has 1 amide bonds. The van der Waals surface area contributed by atoms with Crippen LogP contribution in [0.4, 0.5) is 10.1 Å². The number of anilines is 1. The molecule has 4 nitrogen and oxygen atoms in total. The van der Waals surface area contributed by atoms with Gasteiger partial charge in [-0.15, -0.1) is 11.3 Å². The molecule has 0 aliphatic heterocycles. The van der Waals surface area contributed by atoms with Gasteiger partial charge in [0.05, 0.1) is 5.75 Å². The predicted molar refractivity (Wildman–Crippen MR) is 105 cm³/mol. The van der Waals surface area contributed by atoms with E-state index in [9.17, 15) is 9.18 Å². The first-order chi connectivity index (χ1) is 12.5. The summed E-state index contributed by atoms with van der Waals surface area (Å²) in [6, 6.07) is 4.39. The van der Waals surface area contributed by atoms with E-state index < -0.39 is 0 Å². The number of rotatable bonds is 4. The number of benzene rings is 1. The fourth-order valence-electron chi connectivity index (χ4n) is 3.22.